The summed E-state index contributed by atoms with van der Waals surface area (Å²) in [4.78, 5) is 10.9. The predicted octanol–water partition coefficient (Wildman–Crippen LogP) is 2.51. The first kappa shape index (κ1) is 16.9. The van der Waals surface area contributed by atoms with Crippen molar-refractivity contribution in [2.75, 3.05) is 0 Å². The van der Waals surface area contributed by atoms with Crippen LogP contribution in [0.25, 0.3) is 0 Å². The van der Waals surface area contributed by atoms with Crippen LogP contribution in [-0.2, 0) is 17.9 Å². The Kier molecular flexibility index (Phi) is 5.65. The van der Waals surface area contributed by atoms with Gasteiger partial charge in [0.1, 0.15) is 12.4 Å². The minimum Gasteiger partial charge on any atom is -0.486 e. The van der Waals surface area contributed by atoms with E-state index in [0.29, 0.717) is 6.54 Å². The highest BCUT2D eigenvalue weighted by molar-refractivity contribution is 5.79. The molecule has 2 aromatic rings. The molecule has 0 saturated heterocycles. The summed E-state index contributed by atoms with van der Waals surface area (Å²) >= 11 is 0. The highest BCUT2D eigenvalue weighted by Crippen LogP contribution is 2.19. The van der Waals surface area contributed by atoms with E-state index in [0.717, 1.165) is 23.3 Å². The van der Waals surface area contributed by atoms with E-state index in [9.17, 15) is 13.6 Å². The van der Waals surface area contributed by atoms with Crippen LogP contribution in [-0.4, -0.2) is 11.9 Å². The van der Waals surface area contributed by atoms with Gasteiger partial charge in [-0.05, 0) is 30.2 Å². The minimum absolute atomic E-state index is 0.00688. The van der Waals surface area contributed by atoms with Crippen LogP contribution in [0.3, 0.4) is 0 Å². The zero-order valence-corrected chi connectivity index (χ0v) is 12.7. The van der Waals surface area contributed by atoms with Gasteiger partial charge >= 0.3 is 0 Å². The fraction of sp³-hybridized carbons (Fsp3) is 0.235. The normalized spacial score (nSPS) is 12.0. The lowest BCUT2D eigenvalue weighted by Crippen LogP contribution is -2.38. The van der Waals surface area contributed by atoms with Crippen LogP contribution in [0.2, 0.25) is 0 Å². The molecule has 0 aromatic heterocycles. The van der Waals surface area contributed by atoms with E-state index < -0.39 is 23.6 Å². The first-order valence-electron chi connectivity index (χ1n) is 7.14. The van der Waals surface area contributed by atoms with Gasteiger partial charge in [0.05, 0.1) is 6.04 Å². The Bertz CT molecular complexity index is 675. The summed E-state index contributed by atoms with van der Waals surface area (Å²) < 4.78 is 31.6. The van der Waals surface area contributed by atoms with Crippen molar-refractivity contribution in [3.05, 3.63) is 65.2 Å². The molecule has 0 spiro atoms. The van der Waals surface area contributed by atoms with Gasteiger partial charge in [-0.3, -0.25) is 4.79 Å². The molecule has 4 nitrogen and oxygen atoms in total. The molecule has 0 aliphatic carbocycles. The molecule has 122 valence electrons. The molecule has 3 N–H and O–H groups in total. The second-order valence-electron chi connectivity index (χ2n) is 5.18. The van der Waals surface area contributed by atoms with Gasteiger partial charge in [0.15, 0.2) is 11.6 Å². The lowest BCUT2D eigenvalue weighted by atomic mass is 10.1. The number of amides is 1. The average molecular weight is 320 g/mol. The van der Waals surface area contributed by atoms with Crippen molar-refractivity contribution in [2.24, 2.45) is 5.73 Å². The van der Waals surface area contributed by atoms with Gasteiger partial charge in [-0.15, -0.1) is 0 Å². The number of carbonyl (C=O) groups excluding carboxylic acids is 1. The molecule has 0 bridgehead atoms. The second-order valence-corrected chi connectivity index (χ2v) is 5.18. The molecule has 0 fully saturated rings. The molecule has 2 rings (SSSR count). The summed E-state index contributed by atoms with van der Waals surface area (Å²) in [6.07, 6.45) is 0. The SMILES string of the molecule is C[C@H](NCc1ccc(COc2ccc(F)cc2F)cc1)C(N)=O. The first-order chi connectivity index (χ1) is 11.0. The maximum atomic E-state index is 13.4. The summed E-state index contributed by atoms with van der Waals surface area (Å²) in [5, 5.41) is 3.00. The molecule has 1 amide bonds. The molecule has 0 saturated carbocycles. The number of hydrogen-bond donors (Lipinski definition) is 2. The summed E-state index contributed by atoms with van der Waals surface area (Å²) in [7, 11) is 0. The number of primary amides is 1. The molecule has 2 aromatic carbocycles. The van der Waals surface area contributed by atoms with Crippen LogP contribution in [0.15, 0.2) is 42.5 Å². The van der Waals surface area contributed by atoms with Crippen molar-refractivity contribution in [3.63, 3.8) is 0 Å². The van der Waals surface area contributed by atoms with E-state index in [-0.39, 0.29) is 12.4 Å². The number of ether oxygens (including phenoxy) is 1. The lowest BCUT2D eigenvalue weighted by molar-refractivity contribution is -0.119. The molecular formula is C17H18F2N2O2. The predicted molar refractivity (Wildman–Crippen MR) is 82.6 cm³/mol. The molecule has 0 radical (unpaired) electrons. The van der Waals surface area contributed by atoms with Crippen molar-refractivity contribution >= 4 is 5.91 Å². The Morgan fingerprint density at radius 1 is 1.17 bits per heavy atom. The molecule has 0 aliphatic rings. The second kappa shape index (κ2) is 7.69. The van der Waals surface area contributed by atoms with E-state index >= 15 is 0 Å². The minimum atomic E-state index is -0.730. The standard InChI is InChI=1S/C17H18F2N2O2/c1-11(17(20)22)21-9-12-2-4-13(5-3-12)10-23-16-7-6-14(18)8-15(16)19/h2-8,11,21H,9-10H2,1H3,(H2,20,22)/t11-/m0/s1. The summed E-state index contributed by atoms with van der Waals surface area (Å²) in [5.74, 6) is -1.77. The Morgan fingerprint density at radius 2 is 1.83 bits per heavy atom. The van der Waals surface area contributed by atoms with Gasteiger partial charge < -0.3 is 15.8 Å². The van der Waals surface area contributed by atoms with Gasteiger partial charge in [-0.2, -0.15) is 0 Å². The Labute approximate surface area is 133 Å². The van der Waals surface area contributed by atoms with Crippen molar-refractivity contribution in [3.8, 4) is 5.75 Å². The molecule has 0 unspecified atom stereocenters. The van der Waals surface area contributed by atoms with Crippen LogP contribution < -0.4 is 15.8 Å². The van der Waals surface area contributed by atoms with Crippen molar-refractivity contribution in [1.29, 1.82) is 0 Å². The summed E-state index contributed by atoms with van der Waals surface area (Å²) in [6.45, 7) is 2.38. The highest BCUT2D eigenvalue weighted by Gasteiger charge is 2.07. The van der Waals surface area contributed by atoms with E-state index in [1.807, 2.05) is 24.3 Å². The van der Waals surface area contributed by atoms with Gasteiger partial charge in [0.25, 0.3) is 0 Å². The number of benzene rings is 2. The summed E-state index contributed by atoms with van der Waals surface area (Å²) in [6, 6.07) is 10.2. The fourth-order valence-electron chi connectivity index (χ4n) is 1.88. The average Bonchev–Trinajstić information content (AvgIpc) is 2.52. The number of nitrogens with two attached hydrogens (primary N) is 1. The number of rotatable bonds is 7. The molecule has 23 heavy (non-hydrogen) atoms. The van der Waals surface area contributed by atoms with Crippen LogP contribution in [0.1, 0.15) is 18.1 Å². The van der Waals surface area contributed by atoms with Crippen molar-refractivity contribution < 1.29 is 18.3 Å². The fourth-order valence-corrected chi connectivity index (χ4v) is 1.88. The Hall–Kier alpha value is -2.47. The Balaban J connectivity index is 1.88. The lowest BCUT2D eigenvalue weighted by Gasteiger charge is -2.11. The zero-order valence-electron chi connectivity index (χ0n) is 12.7. The third kappa shape index (κ3) is 5.03. The largest absolute Gasteiger partial charge is 0.486 e. The van der Waals surface area contributed by atoms with E-state index in [1.165, 1.54) is 6.07 Å². The highest BCUT2D eigenvalue weighted by atomic mass is 19.1. The number of halogens is 2. The summed E-state index contributed by atoms with van der Waals surface area (Å²) in [5.41, 5.74) is 7.00. The molecule has 1 atom stereocenters. The number of hydrogen-bond acceptors (Lipinski definition) is 3. The van der Waals surface area contributed by atoms with E-state index in [4.69, 9.17) is 10.5 Å². The van der Waals surface area contributed by atoms with Crippen molar-refractivity contribution in [1.82, 2.24) is 5.32 Å². The number of carbonyl (C=O) groups is 1. The first-order valence-corrected chi connectivity index (χ1v) is 7.14. The third-order valence-corrected chi connectivity index (χ3v) is 3.35. The molecule has 6 heteroatoms. The van der Waals surface area contributed by atoms with Crippen LogP contribution >= 0.6 is 0 Å². The van der Waals surface area contributed by atoms with Crippen LogP contribution in [0, 0.1) is 11.6 Å². The number of nitrogens with one attached hydrogen (secondary N) is 1. The van der Waals surface area contributed by atoms with Gasteiger partial charge in [0, 0.05) is 12.6 Å². The maximum absolute atomic E-state index is 13.4. The van der Waals surface area contributed by atoms with Crippen molar-refractivity contribution in [2.45, 2.75) is 26.1 Å². The smallest absolute Gasteiger partial charge is 0.234 e. The molecular weight excluding hydrogens is 302 g/mol. The zero-order chi connectivity index (χ0) is 16.8. The Morgan fingerprint density at radius 3 is 2.43 bits per heavy atom. The monoisotopic (exact) mass is 320 g/mol. The molecule has 0 heterocycles. The van der Waals surface area contributed by atoms with Gasteiger partial charge in [-0.25, -0.2) is 8.78 Å². The van der Waals surface area contributed by atoms with Crippen LogP contribution in [0.4, 0.5) is 8.78 Å². The van der Waals surface area contributed by atoms with E-state index in [2.05, 4.69) is 5.32 Å². The maximum Gasteiger partial charge on any atom is 0.234 e. The third-order valence-electron chi connectivity index (χ3n) is 3.35. The van der Waals surface area contributed by atoms with Crippen LogP contribution in [0.5, 0.6) is 5.75 Å². The van der Waals surface area contributed by atoms with Gasteiger partial charge in [-0.1, -0.05) is 24.3 Å². The van der Waals surface area contributed by atoms with Gasteiger partial charge in [0.2, 0.25) is 5.91 Å². The topological polar surface area (TPSA) is 64.3 Å². The quantitative estimate of drug-likeness (QED) is 0.824. The molecule has 0 aliphatic heterocycles. The van der Waals surface area contributed by atoms with E-state index in [1.54, 1.807) is 6.92 Å².